The zero-order valence-electron chi connectivity index (χ0n) is 15.2. The van der Waals surface area contributed by atoms with Crippen molar-refractivity contribution in [1.29, 1.82) is 0 Å². The molecule has 0 spiro atoms. The lowest BCUT2D eigenvalue weighted by Gasteiger charge is -2.33. The first-order valence-electron chi connectivity index (χ1n) is 8.80. The summed E-state index contributed by atoms with van der Waals surface area (Å²) in [5, 5.41) is 13.4. The highest BCUT2D eigenvalue weighted by atomic mass is 16.3. The Labute approximate surface area is 149 Å². The molecule has 0 saturated heterocycles. The van der Waals surface area contributed by atoms with Gasteiger partial charge in [-0.15, -0.1) is 0 Å². The van der Waals surface area contributed by atoms with Gasteiger partial charge in [-0.25, -0.2) is 4.98 Å². The fourth-order valence-electron chi connectivity index (χ4n) is 3.25. The molecule has 4 nitrogen and oxygen atoms in total. The van der Waals surface area contributed by atoms with Crippen LogP contribution in [0.15, 0.2) is 54.9 Å². The second-order valence-electron chi connectivity index (χ2n) is 7.43. The molecule has 0 aliphatic carbocycles. The second kappa shape index (κ2) is 7.38. The van der Waals surface area contributed by atoms with Crippen molar-refractivity contribution in [3.8, 4) is 0 Å². The number of pyridine rings is 1. The molecule has 2 aromatic heterocycles. The lowest BCUT2D eigenvalue weighted by Crippen LogP contribution is -2.34. The molecule has 4 heteroatoms. The first-order valence-corrected chi connectivity index (χ1v) is 8.80. The van der Waals surface area contributed by atoms with Crippen LogP contribution in [-0.4, -0.2) is 27.6 Å². The number of nitrogens with zero attached hydrogens (tertiary/aromatic N) is 2. The van der Waals surface area contributed by atoms with E-state index in [0.717, 1.165) is 24.4 Å². The smallest absolute Gasteiger partial charge is 0.136 e. The van der Waals surface area contributed by atoms with E-state index < -0.39 is 0 Å². The molecule has 1 aromatic carbocycles. The second-order valence-corrected chi connectivity index (χ2v) is 7.43. The van der Waals surface area contributed by atoms with Crippen molar-refractivity contribution in [2.45, 2.75) is 33.2 Å². The summed E-state index contributed by atoms with van der Waals surface area (Å²) in [6, 6.07) is 14.5. The molecule has 3 rings (SSSR count). The monoisotopic (exact) mass is 337 g/mol. The number of rotatable bonds is 7. The van der Waals surface area contributed by atoms with Crippen molar-refractivity contribution in [1.82, 2.24) is 14.7 Å². The summed E-state index contributed by atoms with van der Waals surface area (Å²) < 4.78 is 2.14. The van der Waals surface area contributed by atoms with E-state index in [9.17, 15) is 5.11 Å². The number of hydrogen-bond donors (Lipinski definition) is 2. The number of imidazole rings is 1. The average molecular weight is 337 g/mol. The van der Waals surface area contributed by atoms with Gasteiger partial charge in [0.1, 0.15) is 5.65 Å². The Morgan fingerprint density at radius 2 is 1.92 bits per heavy atom. The molecular weight excluding hydrogens is 310 g/mol. The molecule has 0 bridgehead atoms. The highest BCUT2D eigenvalue weighted by Gasteiger charge is 2.29. The average Bonchev–Trinajstić information content (AvgIpc) is 3.01. The number of aryl methyl sites for hydroxylation is 1. The fraction of sp³-hybridized carbons (Fsp3) is 0.381. The molecule has 0 fully saturated rings. The number of aliphatic hydroxyl groups is 1. The summed E-state index contributed by atoms with van der Waals surface area (Å²) in [5.74, 6) is 0.236. The summed E-state index contributed by atoms with van der Waals surface area (Å²) >= 11 is 0. The zero-order chi connectivity index (χ0) is 17.9. The molecule has 0 aliphatic heterocycles. The molecule has 3 aromatic rings. The topological polar surface area (TPSA) is 49.6 Å². The van der Waals surface area contributed by atoms with Gasteiger partial charge in [0.2, 0.25) is 0 Å². The number of hydrogen-bond acceptors (Lipinski definition) is 3. The summed E-state index contributed by atoms with van der Waals surface area (Å²) in [6.45, 7) is 8.02. The van der Waals surface area contributed by atoms with E-state index in [0.29, 0.717) is 0 Å². The Bertz CT molecular complexity index is 824. The van der Waals surface area contributed by atoms with Gasteiger partial charge in [0.05, 0.1) is 11.9 Å². The maximum absolute atomic E-state index is 9.84. The van der Waals surface area contributed by atoms with Gasteiger partial charge >= 0.3 is 0 Å². The van der Waals surface area contributed by atoms with E-state index in [1.807, 2.05) is 18.3 Å². The van der Waals surface area contributed by atoms with Gasteiger partial charge in [-0.2, -0.15) is 0 Å². The molecule has 0 aliphatic rings. The maximum atomic E-state index is 9.84. The van der Waals surface area contributed by atoms with Crippen LogP contribution in [0.4, 0.5) is 0 Å². The third-order valence-corrected chi connectivity index (χ3v) is 4.94. The molecule has 1 atom stereocenters. The standard InChI is InChI=1S/C21H27N3O/c1-16-9-10-20-23-12-18(24(20)14-16)11-22-13-19(21(2,3)15-25)17-7-5-4-6-8-17/h4-10,12,14,19,22,25H,11,13,15H2,1-3H3. The van der Waals surface area contributed by atoms with Gasteiger partial charge in [-0.1, -0.05) is 50.2 Å². The highest BCUT2D eigenvalue weighted by Crippen LogP contribution is 2.34. The Balaban J connectivity index is 1.74. The van der Waals surface area contributed by atoms with Crippen LogP contribution in [0.3, 0.4) is 0 Å². The van der Waals surface area contributed by atoms with Gasteiger partial charge < -0.3 is 14.8 Å². The Morgan fingerprint density at radius 1 is 1.16 bits per heavy atom. The van der Waals surface area contributed by atoms with Crippen LogP contribution in [0.2, 0.25) is 0 Å². The summed E-state index contributed by atoms with van der Waals surface area (Å²) in [6.07, 6.45) is 4.04. The molecule has 25 heavy (non-hydrogen) atoms. The van der Waals surface area contributed by atoms with Crippen molar-refractivity contribution >= 4 is 5.65 Å². The van der Waals surface area contributed by atoms with Crippen LogP contribution in [0, 0.1) is 12.3 Å². The van der Waals surface area contributed by atoms with Crippen LogP contribution in [-0.2, 0) is 6.54 Å². The predicted molar refractivity (Wildman–Crippen MR) is 102 cm³/mol. The normalized spacial score (nSPS) is 13.3. The zero-order valence-corrected chi connectivity index (χ0v) is 15.2. The van der Waals surface area contributed by atoms with Gasteiger partial charge in [0, 0.05) is 31.8 Å². The van der Waals surface area contributed by atoms with Crippen molar-refractivity contribution < 1.29 is 5.11 Å². The maximum Gasteiger partial charge on any atom is 0.136 e. The van der Waals surface area contributed by atoms with E-state index in [1.54, 1.807) is 0 Å². The first kappa shape index (κ1) is 17.6. The lowest BCUT2D eigenvalue weighted by atomic mass is 9.75. The van der Waals surface area contributed by atoms with Crippen molar-refractivity contribution in [3.63, 3.8) is 0 Å². The Hall–Kier alpha value is -2.17. The minimum absolute atomic E-state index is 0.156. The summed E-state index contributed by atoms with van der Waals surface area (Å²) in [4.78, 5) is 4.46. The number of nitrogens with one attached hydrogen (secondary N) is 1. The van der Waals surface area contributed by atoms with Crippen molar-refractivity contribution in [3.05, 3.63) is 71.7 Å². The Kier molecular flexibility index (Phi) is 5.21. The van der Waals surface area contributed by atoms with Crippen LogP contribution in [0.1, 0.15) is 36.6 Å². The van der Waals surface area contributed by atoms with Gasteiger partial charge in [0.25, 0.3) is 0 Å². The van der Waals surface area contributed by atoms with Crippen LogP contribution in [0.25, 0.3) is 5.65 Å². The molecule has 2 N–H and O–H groups in total. The van der Waals surface area contributed by atoms with Crippen LogP contribution >= 0.6 is 0 Å². The molecule has 0 radical (unpaired) electrons. The SMILES string of the molecule is Cc1ccc2ncc(CNCC(c3ccccc3)C(C)(C)CO)n2c1. The van der Waals surface area contributed by atoms with Crippen LogP contribution < -0.4 is 5.32 Å². The van der Waals surface area contributed by atoms with Crippen molar-refractivity contribution in [2.75, 3.05) is 13.2 Å². The molecule has 0 saturated carbocycles. The van der Waals surface area contributed by atoms with E-state index >= 15 is 0 Å². The van der Waals surface area contributed by atoms with Gasteiger partial charge in [-0.3, -0.25) is 0 Å². The number of benzene rings is 1. The lowest BCUT2D eigenvalue weighted by molar-refractivity contribution is 0.129. The molecular formula is C21H27N3O. The third kappa shape index (κ3) is 3.91. The highest BCUT2D eigenvalue weighted by molar-refractivity contribution is 5.41. The van der Waals surface area contributed by atoms with E-state index in [2.05, 4.69) is 72.0 Å². The minimum atomic E-state index is -0.190. The van der Waals surface area contributed by atoms with Crippen LogP contribution in [0.5, 0.6) is 0 Å². The van der Waals surface area contributed by atoms with Crippen molar-refractivity contribution in [2.24, 2.45) is 5.41 Å². The molecule has 0 amide bonds. The number of fused-ring (bicyclic) bond motifs is 1. The summed E-state index contributed by atoms with van der Waals surface area (Å²) in [5.41, 5.74) is 4.40. The Morgan fingerprint density at radius 3 is 2.64 bits per heavy atom. The molecule has 132 valence electrons. The molecule has 1 unspecified atom stereocenters. The number of aromatic nitrogens is 2. The number of aliphatic hydroxyl groups excluding tert-OH is 1. The summed E-state index contributed by atoms with van der Waals surface area (Å²) in [7, 11) is 0. The largest absolute Gasteiger partial charge is 0.396 e. The van der Waals surface area contributed by atoms with Gasteiger partial charge in [-0.05, 0) is 29.5 Å². The first-order chi connectivity index (χ1) is 12.0. The van der Waals surface area contributed by atoms with E-state index in [-0.39, 0.29) is 17.9 Å². The van der Waals surface area contributed by atoms with E-state index in [4.69, 9.17) is 0 Å². The quantitative estimate of drug-likeness (QED) is 0.693. The van der Waals surface area contributed by atoms with E-state index in [1.165, 1.54) is 11.1 Å². The minimum Gasteiger partial charge on any atom is -0.396 e. The van der Waals surface area contributed by atoms with Gasteiger partial charge in [0.15, 0.2) is 0 Å². The predicted octanol–water partition coefficient (Wildman–Crippen LogP) is 3.53. The fourth-order valence-corrected chi connectivity index (χ4v) is 3.25. The molecule has 2 heterocycles. The third-order valence-electron chi connectivity index (χ3n) is 4.94.